The topological polar surface area (TPSA) is 161 Å². The van der Waals surface area contributed by atoms with Crippen LogP contribution in [0.5, 0.6) is 0 Å². The SMILES string of the molecule is [O-][Si]([O-])([O-])[O-].[O]=[Lu+].[O]=[Lu+].[O]=[Lu+].[O]=[Lu+]. The third-order valence-electron chi connectivity index (χ3n) is 0. The first-order chi connectivity index (χ1) is 6.00. The zero-order chi connectivity index (χ0) is 12.5. The van der Waals surface area contributed by atoms with Gasteiger partial charge in [0.2, 0.25) is 0 Å². The van der Waals surface area contributed by atoms with E-state index in [0.717, 1.165) is 0 Å². The standard InChI is InChI=1S/4Lu.O4Si.4O/c;;;;1-5(2,3)4;;;;/q4*+1;-4;;;;. The summed E-state index contributed by atoms with van der Waals surface area (Å²) in [6.07, 6.45) is 0. The van der Waals surface area contributed by atoms with E-state index >= 15 is 0 Å². The van der Waals surface area contributed by atoms with Crippen LogP contribution in [0, 0.1) is 140 Å². The van der Waals surface area contributed by atoms with E-state index in [1.807, 2.05) is 0 Å². The van der Waals surface area contributed by atoms with Gasteiger partial charge in [-0.15, -0.1) is 0 Å². The molecule has 0 heterocycles. The van der Waals surface area contributed by atoms with Crippen molar-refractivity contribution >= 4 is 9.05 Å². The Bertz CT molecular complexity index is 59.0. The fraction of sp³-hybridized carbons (Fsp3) is 0. The van der Waals surface area contributed by atoms with Gasteiger partial charge in [0, 0.05) is 0 Å². The Morgan fingerprint density at radius 3 is 0.538 bits per heavy atom. The first kappa shape index (κ1) is 30.3. The molecule has 0 amide bonds. The van der Waals surface area contributed by atoms with Gasteiger partial charge in [-0.1, -0.05) is 0 Å². The summed E-state index contributed by atoms with van der Waals surface area (Å²) in [6.45, 7) is 0. The molecule has 0 aliphatic heterocycles. The van der Waals surface area contributed by atoms with Gasteiger partial charge in [-0.05, 0) is 0 Å². The van der Waals surface area contributed by atoms with Crippen molar-refractivity contribution in [3.8, 4) is 0 Å². The van der Waals surface area contributed by atoms with Crippen molar-refractivity contribution in [3.05, 3.63) is 0 Å². The molecule has 0 aliphatic carbocycles. The van der Waals surface area contributed by atoms with Crippen LogP contribution >= 0.6 is 0 Å². The molecular formula is Lu4O8Si. The van der Waals surface area contributed by atoms with E-state index in [-0.39, 0.29) is 0 Å². The second-order valence-corrected chi connectivity index (χ2v) is 1.50. The summed E-state index contributed by atoms with van der Waals surface area (Å²) in [6, 6.07) is 0. The monoisotopic (exact) mass is 856 g/mol. The zero-order valence-electron chi connectivity index (χ0n) is 4.80. The van der Waals surface area contributed by atoms with Crippen molar-refractivity contribution in [2.45, 2.75) is 0 Å². The molecule has 0 saturated heterocycles. The van der Waals surface area contributed by atoms with Crippen LogP contribution in [0.15, 0.2) is 0 Å². The predicted octanol–water partition coefficient (Wildman–Crippen LogP) is -5.61. The van der Waals surface area contributed by atoms with Crippen molar-refractivity contribution in [2.75, 3.05) is 0 Å². The third-order valence-corrected chi connectivity index (χ3v) is 0. The second kappa shape index (κ2) is 36.0. The summed E-state index contributed by atoms with van der Waals surface area (Å²) >= 11 is 6.33. The van der Waals surface area contributed by atoms with Gasteiger partial charge in [0.25, 0.3) is 0 Å². The molecule has 0 aromatic heterocycles. The van der Waals surface area contributed by atoms with Gasteiger partial charge in [0.05, 0.1) is 0 Å². The molecule has 112 valence electrons. The Morgan fingerprint density at radius 2 is 0.538 bits per heavy atom. The van der Waals surface area contributed by atoms with Crippen molar-refractivity contribution in [2.24, 2.45) is 0 Å². The molecule has 0 aromatic carbocycles. The van der Waals surface area contributed by atoms with Crippen LogP contribution in [0.2, 0.25) is 0 Å². The molecule has 0 radical (unpaired) electrons. The van der Waals surface area contributed by atoms with Crippen LogP contribution in [0.4, 0.5) is 0 Å². The van der Waals surface area contributed by atoms with Crippen LogP contribution in [-0.4, -0.2) is 9.05 Å². The summed E-state index contributed by atoms with van der Waals surface area (Å²) in [5, 5.41) is 0. The average Bonchev–Trinajstić information content (AvgIpc) is 2.14. The van der Waals surface area contributed by atoms with E-state index in [4.69, 9.17) is 25.3 Å². The summed E-state index contributed by atoms with van der Waals surface area (Å²) in [5.41, 5.74) is 0. The Kier molecular flexibility index (Phi) is 83.9. The first-order valence-electron chi connectivity index (χ1n) is 1.24. The van der Waals surface area contributed by atoms with Crippen LogP contribution < -0.4 is 19.2 Å². The van der Waals surface area contributed by atoms with Crippen molar-refractivity contribution < 1.29 is 166 Å². The average molecular weight is 856 g/mol. The van der Waals surface area contributed by atoms with Gasteiger partial charge in [-0.3, -0.25) is 0 Å². The van der Waals surface area contributed by atoms with Crippen LogP contribution in [0.25, 0.3) is 0 Å². The van der Waals surface area contributed by atoms with E-state index in [1.165, 1.54) is 0 Å². The van der Waals surface area contributed by atoms with E-state index in [2.05, 4.69) is 0 Å². The molecule has 0 saturated carbocycles. The number of hydrogen-bond acceptors (Lipinski definition) is 8. The zero-order valence-corrected chi connectivity index (χ0v) is 12.4. The van der Waals surface area contributed by atoms with Gasteiger partial charge >= 0.3 is 146 Å². The molecule has 0 rings (SSSR count). The number of rotatable bonds is 0. The van der Waals surface area contributed by atoms with Crippen LogP contribution in [0.3, 0.4) is 0 Å². The summed E-state index contributed by atoms with van der Waals surface area (Å²) in [5.74, 6) is 0. The van der Waals surface area contributed by atoms with Crippen molar-refractivity contribution in [1.82, 2.24) is 0 Å². The molecule has 0 unspecified atom stereocenters. The summed E-state index contributed by atoms with van der Waals surface area (Å²) in [4.78, 5) is 34.3. The molecule has 0 atom stereocenters. The normalized spacial score (nSPS) is 6.46. The Labute approximate surface area is 170 Å². The molecule has 0 N–H and O–H groups in total. The predicted molar refractivity (Wildman–Crippen MR) is 8.50 cm³/mol. The maximum atomic E-state index is 8.58. The maximum absolute atomic E-state index is 8.58. The summed E-state index contributed by atoms with van der Waals surface area (Å²) in [7, 11) is -5.61. The van der Waals surface area contributed by atoms with E-state index in [9.17, 15) is 0 Å². The molecule has 0 aromatic rings. The fourth-order valence-electron chi connectivity index (χ4n) is 0. The van der Waals surface area contributed by atoms with E-state index in [1.54, 1.807) is 140 Å². The van der Waals surface area contributed by atoms with Crippen molar-refractivity contribution in [1.29, 1.82) is 0 Å². The molecule has 0 bridgehead atoms. The minimum atomic E-state index is -5.61. The summed E-state index contributed by atoms with van der Waals surface area (Å²) < 4.78 is 32.3. The van der Waals surface area contributed by atoms with Gasteiger partial charge < -0.3 is 28.2 Å². The van der Waals surface area contributed by atoms with E-state index < -0.39 is 9.05 Å². The van der Waals surface area contributed by atoms with E-state index in [0.29, 0.717) is 0 Å². The fourth-order valence-corrected chi connectivity index (χ4v) is 0. The van der Waals surface area contributed by atoms with Gasteiger partial charge in [0.1, 0.15) is 0 Å². The van der Waals surface area contributed by atoms with Crippen LogP contribution in [-0.2, 0) is 6.16 Å². The molecule has 13 heteroatoms. The molecule has 8 nitrogen and oxygen atoms in total. The molecule has 0 fully saturated rings. The van der Waals surface area contributed by atoms with Crippen LogP contribution in [0.1, 0.15) is 0 Å². The minimum absolute atomic E-state index is 1.58. The molecular weight excluding hydrogens is 856 g/mol. The van der Waals surface area contributed by atoms with Gasteiger partial charge in [-0.2, -0.15) is 0 Å². The number of hydrogen-bond donors (Lipinski definition) is 0. The third kappa shape index (κ3) is 186. The Balaban J connectivity index is -0.0000000230. The molecule has 13 heavy (non-hydrogen) atoms. The molecule has 0 spiro atoms. The Morgan fingerprint density at radius 1 is 0.538 bits per heavy atom. The van der Waals surface area contributed by atoms with Gasteiger partial charge in [-0.25, -0.2) is 0 Å². The Hall–Kier alpha value is 4.19. The van der Waals surface area contributed by atoms with Gasteiger partial charge in [0.15, 0.2) is 0 Å². The molecule has 0 aliphatic rings. The quantitative estimate of drug-likeness (QED) is 0.218. The first-order valence-corrected chi connectivity index (χ1v) is 5.58. The second-order valence-electron chi connectivity index (χ2n) is 0.500. The van der Waals surface area contributed by atoms with Crippen molar-refractivity contribution in [3.63, 3.8) is 0 Å².